The average Bonchev–Trinajstić information content (AvgIpc) is 2.89. The molecular formula is C26H21N3O5S. The highest BCUT2D eigenvalue weighted by Gasteiger charge is 2.15. The molecule has 4 rings (SSSR count). The van der Waals surface area contributed by atoms with Crippen LogP contribution in [-0.4, -0.2) is 33.1 Å². The Labute approximate surface area is 202 Å². The van der Waals surface area contributed by atoms with Crippen molar-refractivity contribution in [1.82, 2.24) is 10.1 Å². The second-order valence-corrected chi connectivity index (χ2v) is 9.18. The lowest BCUT2D eigenvalue weighted by Gasteiger charge is -2.07. The molecule has 0 atom stereocenters. The van der Waals surface area contributed by atoms with Crippen molar-refractivity contribution < 1.29 is 22.7 Å². The summed E-state index contributed by atoms with van der Waals surface area (Å²) in [6, 6.07) is 27.3. The van der Waals surface area contributed by atoms with E-state index in [0.29, 0.717) is 16.9 Å². The van der Waals surface area contributed by atoms with Gasteiger partial charge in [0, 0.05) is 0 Å². The van der Waals surface area contributed by atoms with E-state index in [9.17, 15) is 18.0 Å². The molecule has 8 nitrogen and oxygen atoms in total. The molecular weight excluding hydrogens is 466 g/mol. The number of nitrogens with one attached hydrogen (secondary N) is 2. The molecule has 0 fully saturated rings. The van der Waals surface area contributed by atoms with Gasteiger partial charge in [0.25, 0.3) is 5.91 Å². The normalized spacial score (nSPS) is 11.4. The first-order valence-electron chi connectivity index (χ1n) is 10.6. The molecule has 35 heavy (non-hydrogen) atoms. The van der Waals surface area contributed by atoms with Gasteiger partial charge >= 0.3 is 5.97 Å². The molecule has 176 valence electrons. The number of nitrogens with zero attached hydrogens (tertiary/aromatic N) is 1. The first kappa shape index (κ1) is 23.8. The minimum Gasteiger partial charge on any atom is -0.423 e. The van der Waals surface area contributed by atoms with Gasteiger partial charge in [-0.05, 0) is 58.8 Å². The second-order valence-electron chi connectivity index (χ2n) is 7.42. The number of rotatable bonds is 8. The highest BCUT2D eigenvalue weighted by atomic mass is 32.2. The molecule has 0 aliphatic heterocycles. The summed E-state index contributed by atoms with van der Waals surface area (Å²) < 4.78 is 32.0. The van der Waals surface area contributed by atoms with E-state index >= 15 is 0 Å². The summed E-state index contributed by atoms with van der Waals surface area (Å²) in [6.45, 7) is -0.461. The number of hydrazone groups is 1. The number of benzene rings is 4. The Hall–Kier alpha value is -4.34. The van der Waals surface area contributed by atoms with Gasteiger partial charge in [-0.2, -0.15) is 5.10 Å². The van der Waals surface area contributed by atoms with Crippen LogP contribution in [0.25, 0.3) is 10.8 Å². The predicted octanol–water partition coefficient (Wildman–Crippen LogP) is 3.49. The maximum atomic E-state index is 12.6. The number of hydrogen-bond acceptors (Lipinski definition) is 6. The molecule has 0 saturated carbocycles. The molecule has 0 unspecified atom stereocenters. The highest BCUT2D eigenvalue weighted by Crippen LogP contribution is 2.21. The van der Waals surface area contributed by atoms with E-state index in [1.54, 1.807) is 54.6 Å². The maximum absolute atomic E-state index is 12.6. The van der Waals surface area contributed by atoms with Crippen LogP contribution in [0.2, 0.25) is 0 Å². The third kappa shape index (κ3) is 6.17. The fourth-order valence-electron chi connectivity index (χ4n) is 3.25. The first-order valence-corrected chi connectivity index (χ1v) is 12.1. The maximum Gasteiger partial charge on any atom is 0.344 e. The zero-order valence-corrected chi connectivity index (χ0v) is 19.2. The standard InChI is InChI=1S/C26H21N3O5S/c30-25(18-28-35(32,33)22-9-2-1-3-10-22)29-27-17-19-13-15-21(16-14-19)34-26(31)24-12-6-8-20-7-4-5-11-23(20)24/h1-17,28H,18H2,(H,29,30)/b27-17+. The lowest BCUT2D eigenvalue weighted by molar-refractivity contribution is -0.119. The number of hydrogen-bond donors (Lipinski definition) is 2. The third-order valence-corrected chi connectivity index (χ3v) is 6.40. The van der Waals surface area contributed by atoms with Crippen LogP contribution in [0.3, 0.4) is 0 Å². The molecule has 1 amide bonds. The van der Waals surface area contributed by atoms with E-state index in [2.05, 4.69) is 15.2 Å². The first-order chi connectivity index (χ1) is 16.9. The molecule has 0 radical (unpaired) electrons. The largest absolute Gasteiger partial charge is 0.423 e. The smallest absolute Gasteiger partial charge is 0.344 e. The molecule has 0 bridgehead atoms. The van der Waals surface area contributed by atoms with E-state index in [-0.39, 0.29) is 4.90 Å². The number of sulfonamides is 1. The van der Waals surface area contributed by atoms with Gasteiger partial charge < -0.3 is 4.74 Å². The monoisotopic (exact) mass is 487 g/mol. The van der Waals surface area contributed by atoms with Crippen molar-refractivity contribution in [1.29, 1.82) is 0 Å². The van der Waals surface area contributed by atoms with Gasteiger partial charge in [-0.3, -0.25) is 4.79 Å². The highest BCUT2D eigenvalue weighted by molar-refractivity contribution is 7.89. The Morgan fingerprint density at radius 2 is 1.51 bits per heavy atom. The number of carbonyl (C=O) groups excluding carboxylic acids is 2. The molecule has 9 heteroatoms. The fourth-order valence-corrected chi connectivity index (χ4v) is 4.25. The summed E-state index contributed by atoms with van der Waals surface area (Å²) in [7, 11) is -3.78. The van der Waals surface area contributed by atoms with Gasteiger partial charge in [0.05, 0.1) is 23.2 Å². The van der Waals surface area contributed by atoms with Crippen molar-refractivity contribution in [3.63, 3.8) is 0 Å². The number of ether oxygens (including phenoxy) is 1. The Kier molecular flexibility index (Phi) is 7.30. The van der Waals surface area contributed by atoms with Crippen LogP contribution in [-0.2, 0) is 14.8 Å². The Morgan fingerprint density at radius 3 is 2.29 bits per heavy atom. The lowest BCUT2D eigenvalue weighted by Crippen LogP contribution is -2.34. The Balaban J connectivity index is 1.30. The molecule has 4 aromatic rings. The number of carbonyl (C=O) groups is 2. The van der Waals surface area contributed by atoms with Crippen LogP contribution in [0.4, 0.5) is 0 Å². The summed E-state index contributed by atoms with van der Waals surface area (Å²) in [6.07, 6.45) is 1.39. The van der Waals surface area contributed by atoms with Crippen LogP contribution < -0.4 is 14.9 Å². The van der Waals surface area contributed by atoms with Crippen molar-refractivity contribution in [3.05, 3.63) is 108 Å². The minimum atomic E-state index is -3.78. The molecule has 4 aromatic carbocycles. The molecule has 0 spiro atoms. The van der Waals surface area contributed by atoms with E-state index in [1.807, 2.05) is 30.3 Å². The Morgan fingerprint density at radius 1 is 0.829 bits per heavy atom. The molecule has 0 heterocycles. The number of fused-ring (bicyclic) bond motifs is 1. The zero-order chi connectivity index (χ0) is 24.7. The van der Waals surface area contributed by atoms with Gasteiger partial charge in [0.15, 0.2) is 0 Å². The van der Waals surface area contributed by atoms with Crippen molar-refractivity contribution in [2.45, 2.75) is 4.90 Å². The van der Waals surface area contributed by atoms with E-state index in [0.717, 1.165) is 10.8 Å². The van der Waals surface area contributed by atoms with Crippen molar-refractivity contribution in [3.8, 4) is 5.75 Å². The van der Waals surface area contributed by atoms with Crippen LogP contribution in [0, 0.1) is 0 Å². The summed E-state index contributed by atoms with van der Waals surface area (Å²) in [4.78, 5) is 24.6. The lowest BCUT2D eigenvalue weighted by atomic mass is 10.0. The molecule has 2 N–H and O–H groups in total. The van der Waals surface area contributed by atoms with Crippen LogP contribution in [0.1, 0.15) is 15.9 Å². The van der Waals surface area contributed by atoms with Gasteiger partial charge in [-0.25, -0.2) is 23.4 Å². The summed E-state index contributed by atoms with van der Waals surface area (Å²) in [5, 5.41) is 5.58. The number of amides is 1. The summed E-state index contributed by atoms with van der Waals surface area (Å²) in [5.74, 6) is -0.728. The van der Waals surface area contributed by atoms with Crippen molar-refractivity contribution >= 4 is 38.9 Å². The topological polar surface area (TPSA) is 114 Å². The van der Waals surface area contributed by atoms with Gasteiger partial charge in [-0.1, -0.05) is 54.6 Å². The zero-order valence-electron chi connectivity index (χ0n) is 18.4. The van der Waals surface area contributed by atoms with E-state index in [1.165, 1.54) is 18.3 Å². The van der Waals surface area contributed by atoms with Gasteiger partial charge in [0.2, 0.25) is 10.0 Å². The van der Waals surface area contributed by atoms with Crippen molar-refractivity contribution in [2.24, 2.45) is 5.10 Å². The van der Waals surface area contributed by atoms with E-state index in [4.69, 9.17) is 4.74 Å². The summed E-state index contributed by atoms with van der Waals surface area (Å²) in [5.41, 5.74) is 3.37. The molecule has 0 saturated heterocycles. The molecule has 0 aliphatic carbocycles. The SMILES string of the molecule is O=C(CNS(=O)(=O)c1ccccc1)N/N=C/c1ccc(OC(=O)c2cccc3ccccc23)cc1. The minimum absolute atomic E-state index is 0.0672. The third-order valence-electron chi connectivity index (χ3n) is 4.98. The number of esters is 1. The van der Waals surface area contributed by atoms with Crippen LogP contribution in [0.5, 0.6) is 5.75 Å². The summed E-state index contributed by atoms with van der Waals surface area (Å²) >= 11 is 0. The second kappa shape index (κ2) is 10.7. The van der Waals surface area contributed by atoms with Gasteiger partial charge in [0.1, 0.15) is 5.75 Å². The molecule has 0 aromatic heterocycles. The predicted molar refractivity (Wildman–Crippen MR) is 133 cm³/mol. The van der Waals surface area contributed by atoms with Gasteiger partial charge in [-0.15, -0.1) is 0 Å². The Bertz CT molecular complexity index is 1480. The van der Waals surface area contributed by atoms with E-state index < -0.39 is 28.4 Å². The van der Waals surface area contributed by atoms with Crippen LogP contribution in [0.15, 0.2) is 107 Å². The quantitative estimate of drug-likeness (QED) is 0.171. The van der Waals surface area contributed by atoms with Crippen molar-refractivity contribution in [2.75, 3.05) is 6.54 Å². The molecule has 0 aliphatic rings. The average molecular weight is 488 g/mol. The fraction of sp³-hybridized carbons (Fsp3) is 0.0385. The van der Waals surface area contributed by atoms with Crippen LogP contribution >= 0.6 is 0 Å².